The largest absolute Gasteiger partial charge is 0.491 e. The molecule has 5 heteroatoms. The standard InChI is InChI=1S/C16H27BO4/c1-6-19-14(18)12-10-8-7-9-11-13(12)17-20-15(2,3)16(4,5)21-17/h6-11H2,1-5H3. The zero-order valence-electron chi connectivity index (χ0n) is 14.0. The van der Waals surface area contributed by atoms with E-state index >= 15 is 0 Å². The maximum atomic E-state index is 12.2. The molecule has 2 rings (SSSR count). The van der Waals surface area contributed by atoms with E-state index in [-0.39, 0.29) is 17.2 Å². The van der Waals surface area contributed by atoms with Crippen molar-refractivity contribution in [3.05, 3.63) is 11.0 Å². The molecule has 0 radical (unpaired) electrons. The predicted octanol–water partition coefficient (Wildman–Crippen LogP) is 3.44. The van der Waals surface area contributed by atoms with E-state index in [1.165, 1.54) is 0 Å². The Kier molecular flexibility index (Phi) is 4.84. The van der Waals surface area contributed by atoms with Crippen LogP contribution in [-0.2, 0) is 18.8 Å². The van der Waals surface area contributed by atoms with Gasteiger partial charge in [0.1, 0.15) is 0 Å². The van der Waals surface area contributed by atoms with Crippen LogP contribution in [0.15, 0.2) is 11.0 Å². The minimum absolute atomic E-state index is 0.205. The summed E-state index contributed by atoms with van der Waals surface area (Å²) in [7, 11) is -0.424. The van der Waals surface area contributed by atoms with Crippen LogP contribution in [0.5, 0.6) is 0 Å². The molecule has 1 saturated heterocycles. The van der Waals surface area contributed by atoms with Gasteiger partial charge < -0.3 is 14.0 Å². The van der Waals surface area contributed by atoms with Crippen molar-refractivity contribution in [3.63, 3.8) is 0 Å². The Bertz CT molecular complexity index is 424. The molecule has 2 aliphatic rings. The minimum atomic E-state index is -0.424. The summed E-state index contributed by atoms with van der Waals surface area (Å²) < 4.78 is 17.5. The lowest BCUT2D eigenvalue weighted by atomic mass is 9.72. The highest BCUT2D eigenvalue weighted by Gasteiger charge is 2.53. The monoisotopic (exact) mass is 294 g/mol. The van der Waals surface area contributed by atoms with Crippen molar-refractivity contribution in [2.75, 3.05) is 6.61 Å². The van der Waals surface area contributed by atoms with Gasteiger partial charge in [-0.1, -0.05) is 12.8 Å². The third-order valence-electron chi connectivity index (χ3n) is 4.82. The predicted molar refractivity (Wildman–Crippen MR) is 82.8 cm³/mol. The molecular weight excluding hydrogens is 267 g/mol. The molecule has 0 atom stereocenters. The van der Waals surface area contributed by atoms with E-state index in [0.717, 1.165) is 43.1 Å². The maximum Gasteiger partial charge on any atom is 0.491 e. The first kappa shape index (κ1) is 16.6. The lowest BCUT2D eigenvalue weighted by molar-refractivity contribution is -0.138. The number of rotatable bonds is 3. The SMILES string of the molecule is CCOC(=O)C1=C(B2OC(C)(C)C(C)(C)O2)CCCCC1. The fourth-order valence-corrected chi connectivity index (χ4v) is 2.80. The highest BCUT2D eigenvalue weighted by atomic mass is 16.7. The Morgan fingerprint density at radius 2 is 1.67 bits per heavy atom. The van der Waals surface area contributed by atoms with Gasteiger partial charge in [-0.2, -0.15) is 0 Å². The summed E-state index contributed by atoms with van der Waals surface area (Å²) in [6, 6.07) is 0. The maximum absolute atomic E-state index is 12.2. The molecule has 4 nitrogen and oxygen atoms in total. The van der Waals surface area contributed by atoms with Gasteiger partial charge in [0.15, 0.2) is 0 Å². The van der Waals surface area contributed by atoms with Crippen molar-refractivity contribution in [1.82, 2.24) is 0 Å². The van der Waals surface area contributed by atoms with Crippen molar-refractivity contribution in [3.8, 4) is 0 Å². The average Bonchev–Trinajstić information content (AvgIpc) is 2.58. The highest BCUT2D eigenvalue weighted by molar-refractivity contribution is 6.55. The van der Waals surface area contributed by atoms with Gasteiger partial charge >= 0.3 is 13.1 Å². The lowest BCUT2D eigenvalue weighted by Gasteiger charge is -2.32. The molecule has 0 aromatic rings. The van der Waals surface area contributed by atoms with E-state index in [2.05, 4.69) is 0 Å². The van der Waals surface area contributed by atoms with Crippen LogP contribution in [0, 0.1) is 0 Å². The van der Waals surface area contributed by atoms with E-state index in [0.29, 0.717) is 6.61 Å². The van der Waals surface area contributed by atoms with E-state index in [9.17, 15) is 4.79 Å². The van der Waals surface area contributed by atoms with Gasteiger partial charge in [-0.15, -0.1) is 0 Å². The Labute approximate surface area is 128 Å². The van der Waals surface area contributed by atoms with E-state index < -0.39 is 7.12 Å². The molecule has 1 fully saturated rings. The van der Waals surface area contributed by atoms with Gasteiger partial charge in [-0.05, 0) is 59.4 Å². The van der Waals surface area contributed by atoms with Crippen LogP contribution in [0.3, 0.4) is 0 Å². The zero-order valence-corrected chi connectivity index (χ0v) is 14.0. The van der Waals surface area contributed by atoms with Crippen LogP contribution in [0.25, 0.3) is 0 Å². The summed E-state index contributed by atoms with van der Waals surface area (Å²) in [5, 5.41) is 0. The molecule has 1 aliphatic carbocycles. The first-order valence-corrected chi connectivity index (χ1v) is 8.03. The molecule has 118 valence electrons. The lowest BCUT2D eigenvalue weighted by Crippen LogP contribution is -2.41. The Morgan fingerprint density at radius 1 is 1.10 bits per heavy atom. The first-order chi connectivity index (χ1) is 9.78. The Hall–Kier alpha value is -0.805. The van der Waals surface area contributed by atoms with E-state index in [4.69, 9.17) is 14.0 Å². The van der Waals surface area contributed by atoms with Crippen molar-refractivity contribution < 1.29 is 18.8 Å². The van der Waals surface area contributed by atoms with Gasteiger partial charge in [0.25, 0.3) is 0 Å². The van der Waals surface area contributed by atoms with Crippen molar-refractivity contribution in [2.24, 2.45) is 0 Å². The first-order valence-electron chi connectivity index (χ1n) is 8.03. The van der Waals surface area contributed by atoms with Crippen LogP contribution in [0.1, 0.15) is 66.7 Å². The molecule has 0 amide bonds. The van der Waals surface area contributed by atoms with Gasteiger partial charge in [-0.3, -0.25) is 0 Å². The molecule has 0 unspecified atom stereocenters. The quantitative estimate of drug-likeness (QED) is 0.591. The van der Waals surface area contributed by atoms with Crippen LogP contribution < -0.4 is 0 Å². The average molecular weight is 294 g/mol. The molecular formula is C16H27BO4. The van der Waals surface area contributed by atoms with Crippen LogP contribution in [-0.4, -0.2) is 30.9 Å². The number of carbonyl (C=O) groups is 1. The van der Waals surface area contributed by atoms with E-state index in [1.807, 2.05) is 34.6 Å². The fourth-order valence-electron chi connectivity index (χ4n) is 2.80. The summed E-state index contributed by atoms with van der Waals surface area (Å²) in [4.78, 5) is 12.2. The molecule has 21 heavy (non-hydrogen) atoms. The van der Waals surface area contributed by atoms with Crippen LogP contribution in [0.4, 0.5) is 0 Å². The van der Waals surface area contributed by atoms with Crippen molar-refractivity contribution in [2.45, 2.75) is 77.9 Å². The Balaban J connectivity index is 2.30. The van der Waals surface area contributed by atoms with E-state index in [1.54, 1.807) is 0 Å². The summed E-state index contributed by atoms with van der Waals surface area (Å²) in [6.45, 7) is 10.4. The molecule has 0 N–H and O–H groups in total. The van der Waals surface area contributed by atoms with Gasteiger partial charge in [0.2, 0.25) is 0 Å². The highest BCUT2D eigenvalue weighted by Crippen LogP contribution is 2.41. The molecule has 1 aliphatic heterocycles. The topological polar surface area (TPSA) is 44.8 Å². The smallest absolute Gasteiger partial charge is 0.463 e. The third-order valence-corrected chi connectivity index (χ3v) is 4.82. The number of hydrogen-bond acceptors (Lipinski definition) is 4. The molecule has 0 spiro atoms. The Morgan fingerprint density at radius 3 is 2.24 bits per heavy atom. The molecule has 0 bridgehead atoms. The van der Waals surface area contributed by atoms with Crippen LogP contribution >= 0.6 is 0 Å². The molecule has 0 aromatic carbocycles. The second-order valence-corrected chi connectivity index (χ2v) is 6.87. The van der Waals surface area contributed by atoms with Crippen molar-refractivity contribution >= 4 is 13.1 Å². The fraction of sp³-hybridized carbons (Fsp3) is 0.812. The number of hydrogen-bond donors (Lipinski definition) is 0. The van der Waals surface area contributed by atoms with Gasteiger partial charge in [-0.25, -0.2) is 4.79 Å². The summed E-state index contributed by atoms with van der Waals surface area (Å²) >= 11 is 0. The molecule has 0 aromatic heterocycles. The number of carbonyl (C=O) groups excluding carboxylic acids is 1. The molecule has 1 heterocycles. The second kappa shape index (κ2) is 6.13. The summed E-state index contributed by atoms with van der Waals surface area (Å²) in [5.74, 6) is -0.205. The van der Waals surface area contributed by atoms with Gasteiger partial charge in [0, 0.05) is 5.57 Å². The summed E-state index contributed by atoms with van der Waals surface area (Å²) in [5.41, 5.74) is 1.01. The summed E-state index contributed by atoms with van der Waals surface area (Å²) in [6.07, 6.45) is 4.84. The number of esters is 1. The third kappa shape index (κ3) is 3.34. The molecule has 0 saturated carbocycles. The normalized spacial score (nSPS) is 24.9. The second-order valence-electron chi connectivity index (χ2n) is 6.87. The van der Waals surface area contributed by atoms with Crippen LogP contribution in [0.2, 0.25) is 0 Å². The van der Waals surface area contributed by atoms with Gasteiger partial charge in [0.05, 0.1) is 17.8 Å². The zero-order chi connectivity index (χ0) is 15.7. The number of allylic oxidation sites excluding steroid dienone is 1. The number of ether oxygens (including phenoxy) is 1. The van der Waals surface area contributed by atoms with Crippen molar-refractivity contribution in [1.29, 1.82) is 0 Å². The minimum Gasteiger partial charge on any atom is -0.463 e.